The minimum atomic E-state index is -1.61. The van der Waals surface area contributed by atoms with E-state index in [0.29, 0.717) is 17.7 Å². The second kappa shape index (κ2) is 24.5. The van der Waals surface area contributed by atoms with Crippen LogP contribution in [0.3, 0.4) is 0 Å². The van der Waals surface area contributed by atoms with Crippen molar-refractivity contribution >= 4 is 59.3 Å². The fourth-order valence-electron chi connectivity index (χ4n) is 6.70. The Balaban J connectivity index is 1.65. The number of aromatic amines is 1. The summed E-state index contributed by atoms with van der Waals surface area (Å²) in [6, 6.07) is -3.81. The van der Waals surface area contributed by atoms with Crippen LogP contribution in [-0.4, -0.2) is 150 Å². The van der Waals surface area contributed by atoms with Crippen molar-refractivity contribution < 1.29 is 68.4 Å². The van der Waals surface area contributed by atoms with Gasteiger partial charge in [0, 0.05) is 37.7 Å². The average molecular weight is 901 g/mol. The quantitative estimate of drug-likeness (QED) is 0.0481. The molecule has 0 aliphatic carbocycles. The molecule has 1 aromatic heterocycles. The van der Waals surface area contributed by atoms with Crippen molar-refractivity contribution in [1.29, 1.82) is 0 Å². The molecular weight excluding hydrogens is 844 g/mol. The number of amides is 7. The van der Waals surface area contributed by atoms with Gasteiger partial charge in [-0.05, 0) is 56.2 Å². The van der Waals surface area contributed by atoms with E-state index in [0.717, 1.165) is 0 Å². The van der Waals surface area contributed by atoms with Gasteiger partial charge in [-0.1, -0.05) is 26.0 Å². The van der Waals surface area contributed by atoms with Crippen LogP contribution in [0.25, 0.3) is 0 Å². The molecule has 0 saturated carbocycles. The summed E-state index contributed by atoms with van der Waals surface area (Å²) >= 11 is 0. The molecule has 3 rings (SSSR count). The number of carbonyl (C=O) groups excluding carboxylic acids is 7. The molecular formula is C40H56N10O14. The number of aromatic hydroxyl groups is 1. The highest BCUT2D eigenvalue weighted by atomic mass is 16.4. The van der Waals surface area contributed by atoms with Gasteiger partial charge >= 0.3 is 17.9 Å². The molecule has 2 aromatic rings. The lowest BCUT2D eigenvalue weighted by Gasteiger charge is -2.29. The van der Waals surface area contributed by atoms with Crippen molar-refractivity contribution in [3.63, 3.8) is 0 Å². The number of nitrogens with two attached hydrogens (primary N) is 1. The number of carbonyl (C=O) groups is 10. The number of nitrogens with zero attached hydrogens (tertiary/aromatic N) is 2. The number of carboxylic acid groups (broad SMARTS) is 3. The van der Waals surface area contributed by atoms with E-state index < -0.39 is 127 Å². The van der Waals surface area contributed by atoms with Crippen molar-refractivity contribution in [1.82, 2.24) is 46.8 Å². The highest BCUT2D eigenvalue weighted by Crippen LogP contribution is 2.20. The summed E-state index contributed by atoms with van der Waals surface area (Å²) in [6.45, 7) is 4.27. The maximum absolute atomic E-state index is 13.7. The molecule has 1 aromatic carbocycles. The Hall–Kier alpha value is -7.11. The molecule has 350 valence electrons. The molecule has 0 bridgehead atoms. The summed E-state index contributed by atoms with van der Waals surface area (Å²) in [4.78, 5) is 135. The Labute approximate surface area is 366 Å². The van der Waals surface area contributed by atoms with Gasteiger partial charge in [-0.2, -0.15) is 0 Å². The Morgan fingerprint density at radius 1 is 0.797 bits per heavy atom. The summed E-state index contributed by atoms with van der Waals surface area (Å²) < 4.78 is 0. The van der Waals surface area contributed by atoms with Crippen LogP contribution in [0.15, 0.2) is 36.8 Å². The number of aromatic nitrogens is 2. The molecule has 24 heteroatoms. The first kappa shape index (κ1) is 51.2. The van der Waals surface area contributed by atoms with Crippen molar-refractivity contribution in [2.45, 2.75) is 114 Å². The molecule has 2 heterocycles. The maximum atomic E-state index is 13.7. The molecule has 1 saturated heterocycles. The summed E-state index contributed by atoms with van der Waals surface area (Å²) in [5.74, 6) is -10.3. The Morgan fingerprint density at radius 2 is 1.45 bits per heavy atom. The summed E-state index contributed by atoms with van der Waals surface area (Å²) in [5.41, 5.74) is 6.91. The second-order valence-electron chi connectivity index (χ2n) is 15.7. The molecule has 0 spiro atoms. The van der Waals surface area contributed by atoms with E-state index >= 15 is 0 Å². The number of H-pyrrole nitrogens is 1. The molecule has 64 heavy (non-hydrogen) atoms. The molecule has 1 fully saturated rings. The van der Waals surface area contributed by atoms with Gasteiger partial charge in [0.15, 0.2) is 0 Å². The Kier molecular flexibility index (Phi) is 19.6. The fourth-order valence-corrected chi connectivity index (χ4v) is 6.70. The van der Waals surface area contributed by atoms with Crippen LogP contribution in [0.1, 0.15) is 70.6 Å². The molecule has 0 radical (unpaired) electrons. The molecule has 1 aliphatic rings. The van der Waals surface area contributed by atoms with Gasteiger partial charge in [0.05, 0.1) is 25.3 Å². The molecule has 0 unspecified atom stereocenters. The normalized spacial score (nSPS) is 16.2. The van der Waals surface area contributed by atoms with Crippen LogP contribution in [0.4, 0.5) is 0 Å². The van der Waals surface area contributed by atoms with E-state index in [4.69, 9.17) is 10.8 Å². The number of benzene rings is 1. The van der Waals surface area contributed by atoms with E-state index in [1.165, 1.54) is 48.6 Å². The predicted molar refractivity (Wildman–Crippen MR) is 221 cm³/mol. The zero-order valence-corrected chi connectivity index (χ0v) is 35.5. The van der Waals surface area contributed by atoms with Crippen molar-refractivity contribution in [2.24, 2.45) is 11.7 Å². The number of likely N-dealkylation sites (tertiary alicyclic amines) is 1. The van der Waals surface area contributed by atoms with Gasteiger partial charge in [-0.15, -0.1) is 0 Å². The number of nitrogens with one attached hydrogen (secondary N) is 7. The van der Waals surface area contributed by atoms with Crippen LogP contribution in [0.2, 0.25) is 0 Å². The monoisotopic (exact) mass is 900 g/mol. The van der Waals surface area contributed by atoms with Crippen LogP contribution < -0.4 is 37.6 Å². The number of phenols is 1. The van der Waals surface area contributed by atoms with E-state index in [1.54, 1.807) is 13.8 Å². The SMILES string of the molecule is CC(C)C[C@H](NC(=O)[C@@H]1CCCN1C(=O)[C@H](C)NC(=O)[C@H](CC(=O)O)NC(=O)[C@@H](N)Cc1cnc[nH]1)C(=O)NCC(=O)N[C@@H](Cc1ccc(O)cc1)C(=O)N[C@@H](CCC(=O)O)C(=O)O. The third-order valence-electron chi connectivity index (χ3n) is 9.96. The van der Waals surface area contributed by atoms with Gasteiger partial charge in [0.1, 0.15) is 42.0 Å². The predicted octanol–water partition coefficient (Wildman–Crippen LogP) is -2.75. The second-order valence-corrected chi connectivity index (χ2v) is 15.7. The number of carboxylic acids is 3. The van der Waals surface area contributed by atoms with E-state index in [1.807, 2.05) is 0 Å². The number of phenolic OH excluding ortho intramolecular Hbond substituents is 1. The largest absolute Gasteiger partial charge is 0.508 e. The molecule has 7 atom stereocenters. The Bertz CT molecular complexity index is 1990. The lowest BCUT2D eigenvalue weighted by atomic mass is 10.0. The van der Waals surface area contributed by atoms with Crippen LogP contribution in [-0.2, 0) is 60.8 Å². The van der Waals surface area contributed by atoms with Gasteiger partial charge in [-0.25, -0.2) is 9.78 Å². The van der Waals surface area contributed by atoms with Gasteiger partial charge in [0.25, 0.3) is 0 Å². The van der Waals surface area contributed by atoms with Gasteiger partial charge < -0.3 is 67.9 Å². The fraction of sp³-hybridized carbons (Fsp3) is 0.525. The lowest BCUT2D eigenvalue weighted by molar-refractivity contribution is -0.144. The summed E-state index contributed by atoms with van der Waals surface area (Å²) in [6.07, 6.45) is 1.45. The van der Waals surface area contributed by atoms with Crippen molar-refractivity contribution in [2.75, 3.05) is 13.1 Å². The zero-order valence-electron chi connectivity index (χ0n) is 35.5. The highest BCUT2D eigenvalue weighted by molar-refractivity contribution is 5.98. The summed E-state index contributed by atoms with van der Waals surface area (Å²) in [7, 11) is 0. The number of rotatable bonds is 25. The van der Waals surface area contributed by atoms with Gasteiger partial charge in [0.2, 0.25) is 41.4 Å². The topological polar surface area (TPSA) is 382 Å². The smallest absolute Gasteiger partial charge is 0.326 e. The van der Waals surface area contributed by atoms with E-state index in [-0.39, 0.29) is 43.9 Å². The van der Waals surface area contributed by atoms with Crippen LogP contribution >= 0.6 is 0 Å². The minimum Gasteiger partial charge on any atom is -0.508 e. The summed E-state index contributed by atoms with van der Waals surface area (Å²) in [5, 5.41) is 52.0. The standard InChI is InChI=1S/C40H56N10O14/c1-20(2)13-27(35(58)43-18-31(52)46-28(14-22-6-8-24(51)9-7-22)37(60)47-26(40(63)64)10-11-32(53)54)49-38(61)30-5-4-12-50(30)39(62)21(3)45-36(59)29(16-33(55)56)48-34(57)25(41)15-23-17-42-19-44-23/h6-9,17,19-21,25-30,51H,4-5,10-16,18,41H2,1-3H3,(H,42,44)(H,43,58)(H,45,59)(H,46,52)(H,47,60)(H,48,57)(H,49,61)(H,53,54)(H,55,56)(H,63,64)/t21-,25-,26-,27-,28-,29-,30-/m0/s1. The third kappa shape index (κ3) is 16.6. The average Bonchev–Trinajstić information content (AvgIpc) is 3.93. The van der Waals surface area contributed by atoms with Crippen molar-refractivity contribution in [3.8, 4) is 5.75 Å². The number of hydrogen-bond acceptors (Lipinski definition) is 13. The molecule has 13 N–H and O–H groups in total. The number of imidazole rings is 1. The van der Waals surface area contributed by atoms with E-state index in [9.17, 15) is 63.3 Å². The van der Waals surface area contributed by atoms with E-state index in [2.05, 4.69) is 41.9 Å². The first-order valence-corrected chi connectivity index (χ1v) is 20.4. The lowest BCUT2D eigenvalue weighted by Crippen LogP contribution is -2.58. The first-order chi connectivity index (χ1) is 30.1. The zero-order chi connectivity index (χ0) is 47.7. The Morgan fingerprint density at radius 3 is 2.05 bits per heavy atom. The molecule has 1 aliphatic heterocycles. The number of hydrogen-bond donors (Lipinski definition) is 12. The highest BCUT2D eigenvalue weighted by Gasteiger charge is 2.39. The maximum Gasteiger partial charge on any atom is 0.326 e. The minimum absolute atomic E-state index is 0.0108. The van der Waals surface area contributed by atoms with Crippen LogP contribution in [0.5, 0.6) is 5.75 Å². The number of aliphatic carboxylic acids is 3. The van der Waals surface area contributed by atoms with Gasteiger partial charge in [-0.3, -0.25) is 43.2 Å². The third-order valence-corrected chi connectivity index (χ3v) is 9.96. The molecule has 24 nitrogen and oxygen atoms in total. The molecule has 7 amide bonds. The van der Waals surface area contributed by atoms with Crippen LogP contribution in [0, 0.1) is 5.92 Å². The first-order valence-electron chi connectivity index (χ1n) is 20.4. The van der Waals surface area contributed by atoms with Crippen molar-refractivity contribution in [3.05, 3.63) is 48.0 Å².